The number of para-hydroxylation sites is 1. The lowest BCUT2D eigenvalue weighted by Crippen LogP contribution is -2.29. The molecule has 0 aromatic heterocycles. The number of benzene rings is 2. The summed E-state index contributed by atoms with van der Waals surface area (Å²) in [6, 6.07) is 17.5. The van der Waals surface area contributed by atoms with Crippen LogP contribution < -0.4 is 10.1 Å². The van der Waals surface area contributed by atoms with Crippen LogP contribution in [0.3, 0.4) is 0 Å². The molecule has 1 heterocycles. The van der Waals surface area contributed by atoms with Crippen LogP contribution >= 0.6 is 0 Å². The molecule has 1 N–H and O–H groups in total. The van der Waals surface area contributed by atoms with E-state index in [-0.39, 0.29) is 0 Å². The van der Waals surface area contributed by atoms with E-state index in [1.807, 2.05) is 6.92 Å². The quantitative estimate of drug-likeness (QED) is 0.811. The van der Waals surface area contributed by atoms with E-state index >= 15 is 0 Å². The maximum absolute atomic E-state index is 5.85. The number of nitrogens with one attached hydrogen (secondary N) is 1. The molecule has 0 bridgehead atoms. The zero-order valence-corrected chi connectivity index (χ0v) is 12.8. The third kappa shape index (κ3) is 2.10. The number of rotatable bonds is 3. The molecule has 1 aliphatic heterocycles. The fourth-order valence-corrected chi connectivity index (χ4v) is 3.86. The van der Waals surface area contributed by atoms with Crippen molar-refractivity contribution in [2.24, 2.45) is 5.92 Å². The van der Waals surface area contributed by atoms with Gasteiger partial charge < -0.3 is 10.1 Å². The van der Waals surface area contributed by atoms with Gasteiger partial charge in [-0.25, -0.2) is 0 Å². The van der Waals surface area contributed by atoms with E-state index in [1.54, 1.807) is 0 Å². The van der Waals surface area contributed by atoms with Crippen molar-refractivity contribution in [3.8, 4) is 5.75 Å². The van der Waals surface area contributed by atoms with E-state index in [2.05, 4.69) is 66.0 Å². The molecule has 22 heavy (non-hydrogen) atoms. The largest absolute Gasteiger partial charge is 0.492 e. The molecule has 0 saturated heterocycles. The van der Waals surface area contributed by atoms with E-state index < -0.39 is 0 Å². The highest BCUT2D eigenvalue weighted by Crippen LogP contribution is 2.52. The van der Waals surface area contributed by atoms with Gasteiger partial charge in [-0.2, -0.15) is 0 Å². The van der Waals surface area contributed by atoms with Gasteiger partial charge in [0.15, 0.2) is 0 Å². The van der Waals surface area contributed by atoms with Crippen molar-refractivity contribution in [2.45, 2.75) is 25.3 Å². The van der Waals surface area contributed by atoms with Gasteiger partial charge in [-0.3, -0.25) is 0 Å². The van der Waals surface area contributed by atoms with Crippen molar-refractivity contribution >= 4 is 5.69 Å². The van der Waals surface area contributed by atoms with E-state index in [0.29, 0.717) is 24.5 Å². The lowest BCUT2D eigenvalue weighted by molar-refractivity contribution is 0.337. The van der Waals surface area contributed by atoms with Gasteiger partial charge in [0.25, 0.3) is 0 Å². The zero-order valence-electron chi connectivity index (χ0n) is 12.8. The molecule has 2 nitrogen and oxygen atoms in total. The molecule has 112 valence electrons. The first kappa shape index (κ1) is 13.4. The fraction of sp³-hybridized carbons (Fsp3) is 0.300. The minimum Gasteiger partial charge on any atom is -0.492 e. The van der Waals surface area contributed by atoms with Crippen LogP contribution in [0.15, 0.2) is 60.7 Å². The first-order chi connectivity index (χ1) is 10.9. The van der Waals surface area contributed by atoms with Crippen LogP contribution in [-0.4, -0.2) is 6.61 Å². The smallest absolute Gasteiger partial charge is 0.142 e. The molecule has 2 aromatic rings. The van der Waals surface area contributed by atoms with Crippen LogP contribution in [-0.2, 0) is 0 Å². The molecule has 0 fully saturated rings. The Balaban J connectivity index is 1.80. The van der Waals surface area contributed by atoms with Crippen molar-refractivity contribution in [1.82, 2.24) is 0 Å². The highest BCUT2D eigenvalue weighted by molar-refractivity contribution is 5.67. The maximum atomic E-state index is 5.85. The van der Waals surface area contributed by atoms with Gasteiger partial charge in [0.05, 0.1) is 18.3 Å². The van der Waals surface area contributed by atoms with Gasteiger partial charge in [0.1, 0.15) is 5.75 Å². The van der Waals surface area contributed by atoms with Crippen molar-refractivity contribution in [1.29, 1.82) is 0 Å². The summed E-state index contributed by atoms with van der Waals surface area (Å²) in [5, 5.41) is 3.77. The van der Waals surface area contributed by atoms with Gasteiger partial charge in [-0.15, -0.1) is 0 Å². The van der Waals surface area contributed by atoms with E-state index in [9.17, 15) is 0 Å². The monoisotopic (exact) mass is 291 g/mol. The number of anilines is 1. The van der Waals surface area contributed by atoms with Crippen molar-refractivity contribution < 1.29 is 4.74 Å². The maximum Gasteiger partial charge on any atom is 0.142 e. The average molecular weight is 291 g/mol. The summed E-state index contributed by atoms with van der Waals surface area (Å²) in [6.45, 7) is 2.73. The Hall–Kier alpha value is -2.22. The molecule has 2 aliphatic rings. The summed E-state index contributed by atoms with van der Waals surface area (Å²) in [5.41, 5.74) is 3.90. The van der Waals surface area contributed by atoms with Crippen LogP contribution in [0.5, 0.6) is 5.75 Å². The molecule has 0 spiro atoms. The van der Waals surface area contributed by atoms with Gasteiger partial charge in [0.2, 0.25) is 0 Å². The topological polar surface area (TPSA) is 21.3 Å². The first-order valence-electron chi connectivity index (χ1n) is 8.12. The Labute approximate surface area is 131 Å². The number of fused-ring (bicyclic) bond motifs is 3. The summed E-state index contributed by atoms with van der Waals surface area (Å²) in [7, 11) is 0. The standard InChI is InChI=1S/C20H21NO/c1-2-22-18-13-7-12-17-15-10-6-11-16(15)19(21-20(17)18)14-8-4-3-5-9-14/h3-10,12-13,15-16,19,21H,2,11H2,1H3. The molecular formula is C20H21NO. The average Bonchev–Trinajstić information content (AvgIpc) is 3.05. The highest BCUT2D eigenvalue weighted by Gasteiger charge is 2.38. The number of ether oxygens (including phenoxy) is 1. The predicted octanol–water partition coefficient (Wildman–Crippen LogP) is 4.91. The summed E-state index contributed by atoms with van der Waals surface area (Å²) < 4.78 is 5.85. The van der Waals surface area contributed by atoms with Gasteiger partial charge >= 0.3 is 0 Å². The fourth-order valence-electron chi connectivity index (χ4n) is 3.86. The Bertz CT molecular complexity index is 692. The summed E-state index contributed by atoms with van der Waals surface area (Å²) >= 11 is 0. The second-order valence-electron chi connectivity index (χ2n) is 6.04. The minimum atomic E-state index is 0.343. The van der Waals surface area contributed by atoms with Crippen LogP contribution in [0.25, 0.3) is 0 Å². The van der Waals surface area contributed by atoms with Crippen molar-refractivity contribution in [3.63, 3.8) is 0 Å². The molecular weight excluding hydrogens is 270 g/mol. The van der Waals surface area contributed by atoms with E-state index in [0.717, 1.165) is 12.2 Å². The molecule has 2 heteroatoms. The van der Waals surface area contributed by atoms with E-state index in [4.69, 9.17) is 4.74 Å². The number of hydrogen-bond donors (Lipinski definition) is 1. The molecule has 0 radical (unpaired) electrons. The van der Waals surface area contributed by atoms with Gasteiger partial charge in [-0.1, -0.05) is 54.6 Å². The molecule has 4 rings (SSSR count). The molecule has 0 amide bonds. The first-order valence-corrected chi connectivity index (χ1v) is 8.12. The normalized spacial score (nSPS) is 25.2. The summed E-state index contributed by atoms with van der Waals surface area (Å²) in [4.78, 5) is 0. The van der Waals surface area contributed by atoms with Gasteiger partial charge in [0, 0.05) is 5.92 Å². The molecule has 3 atom stereocenters. The van der Waals surface area contributed by atoms with Crippen LogP contribution in [0.1, 0.15) is 36.4 Å². The molecule has 1 aliphatic carbocycles. The van der Waals surface area contributed by atoms with Gasteiger partial charge in [-0.05, 0) is 36.5 Å². The lowest BCUT2D eigenvalue weighted by atomic mass is 9.77. The Morgan fingerprint density at radius 1 is 1.09 bits per heavy atom. The third-order valence-corrected chi connectivity index (χ3v) is 4.82. The molecule has 0 saturated carbocycles. The van der Waals surface area contributed by atoms with Crippen LogP contribution in [0.4, 0.5) is 5.69 Å². The van der Waals surface area contributed by atoms with E-state index in [1.165, 1.54) is 16.8 Å². The van der Waals surface area contributed by atoms with Crippen molar-refractivity contribution in [3.05, 3.63) is 71.8 Å². The zero-order chi connectivity index (χ0) is 14.9. The number of hydrogen-bond acceptors (Lipinski definition) is 2. The Morgan fingerprint density at radius 3 is 2.77 bits per heavy atom. The molecule has 3 unspecified atom stereocenters. The Morgan fingerprint density at radius 2 is 1.95 bits per heavy atom. The second kappa shape index (κ2) is 5.53. The van der Waals surface area contributed by atoms with Crippen LogP contribution in [0.2, 0.25) is 0 Å². The highest BCUT2D eigenvalue weighted by atomic mass is 16.5. The van der Waals surface area contributed by atoms with Crippen LogP contribution in [0, 0.1) is 5.92 Å². The molecule has 2 aromatic carbocycles. The third-order valence-electron chi connectivity index (χ3n) is 4.82. The predicted molar refractivity (Wildman–Crippen MR) is 90.4 cm³/mol. The second-order valence-corrected chi connectivity index (χ2v) is 6.04. The Kier molecular flexibility index (Phi) is 3.38. The van der Waals surface area contributed by atoms with Crippen molar-refractivity contribution in [2.75, 3.05) is 11.9 Å². The lowest BCUT2D eigenvalue weighted by Gasteiger charge is -2.38. The SMILES string of the molecule is CCOc1cccc2c1NC(c1ccccc1)C1CC=CC21. The minimum absolute atomic E-state index is 0.343. The number of allylic oxidation sites excluding steroid dienone is 2. The summed E-state index contributed by atoms with van der Waals surface area (Å²) in [5.74, 6) is 2.05. The summed E-state index contributed by atoms with van der Waals surface area (Å²) in [6.07, 6.45) is 5.83.